The summed E-state index contributed by atoms with van der Waals surface area (Å²) >= 11 is 3.15. The highest BCUT2D eigenvalue weighted by Gasteiger charge is 2.24. The third kappa shape index (κ3) is 2.24. The second-order valence-corrected chi connectivity index (χ2v) is 3.98. The molecular formula is C8H10BrFN2O. The molecule has 0 amide bonds. The van der Waals surface area contributed by atoms with Gasteiger partial charge in [0, 0.05) is 16.2 Å². The Morgan fingerprint density at radius 2 is 2.38 bits per heavy atom. The molecule has 3 nitrogen and oxygen atoms in total. The van der Waals surface area contributed by atoms with Crippen molar-refractivity contribution in [3.05, 3.63) is 28.2 Å². The predicted octanol–water partition coefficient (Wildman–Crippen LogP) is 1.15. The Morgan fingerprint density at radius 1 is 1.77 bits per heavy atom. The second-order valence-electron chi connectivity index (χ2n) is 3.07. The molecule has 5 heteroatoms. The molecule has 1 atom stereocenters. The molecular weight excluding hydrogens is 239 g/mol. The second kappa shape index (κ2) is 3.69. The van der Waals surface area contributed by atoms with Crippen LogP contribution in [0.3, 0.4) is 0 Å². The average molecular weight is 249 g/mol. The fraction of sp³-hybridized carbons (Fsp3) is 0.375. The molecule has 0 fully saturated rings. The molecule has 0 saturated carbocycles. The van der Waals surface area contributed by atoms with Gasteiger partial charge >= 0.3 is 0 Å². The normalized spacial score (nSPS) is 15.5. The SMILES string of the molecule is CC(N)(CO)c1cc(Br)cnc1F. The maximum Gasteiger partial charge on any atom is 0.218 e. The lowest BCUT2D eigenvalue weighted by atomic mass is 9.96. The van der Waals surface area contributed by atoms with E-state index >= 15 is 0 Å². The molecule has 72 valence electrons. The van der Waals surface area contributed by atoms with Crippen molar-refractivity contribution in [2.75, 3.05) is 6.61 Å². The van der Waals surface area contributed by atoms with Crippen LogP contribution in [-0.2, 0) is 5.54 Å². The summed E-state index contributed by atoms with van der Waals surface area (Å²) in [5, 5.41) is 8.93. The Balaban J connectivity index is 3.20. The minimum Gasteiger partial charge on any atom is -0.394 e. The summed E-state index contributed by atoms with van der Waals surface area (Å²) < 4.78 is 13.8. The van der Waals surface area contributed by atoms with Gasteiger partial charge in [-0.1, -0.05) is 0 Å². The number of aliphatic hydroxyl groups is 1. The van der Waals surface area contributed by atoms with E-state index in [1.807, 2.05) is 0 Å². The molecule has 0 aliphatic rings. The van der Waals surface area contributed by atoms with Crippen LogP contribution in [0.5, 0.6) is 0 Å². The van der Waals surface area contributed by atoms with Gasteiger partial charge in [0.05, 0.1) is 12.1 Å². The Kier molecular flexibility index (Phi) is 3.00. The van der Waals surface area contributed by atoms with Gasteiger partial charge in [-0.3, -0.25) is 0 Å². The van der Waals surface area contributed by atoms with Crippen molar-refractivity contribution >= 4 is 15.9 Å². The van der Waals surface area contributed by atoms with Crippen LogP contribution < -0.4 is 5.73 Å². The summed E-state index contributed by atoms with van der Waals surface area (Å²) in [5.74, 6) is -0.651. The van der Waals surface area contributed by atoms with Crippen molar-refractivity contribution < 1.29 is 9.50 Å². The van der Waals surface area contributed by atoms with E-state index in [1.165, 1.54) is 12.3 Å². The molecule has 0 radical (unpaired) electrons. The van der Waals surface area contributed by atoms with E-state index in [-0.39, 0.29) is 12.2 Å². The number of pyridine rings is 1. The molecule has 0 aliphatic heterocycles. The molecule has 3 N–H and O–H groups in total. The van der Waals surface area contributed by atoms with Crippen LogP contribution >= 0.6 is 15.9 Å². The highest BCUT2D eigenvalue weighted by molar-refractivity contribution is 9.10. The van der Waals surface area contributed by atoms with Crippen molar-refractivity contribution in [3.8, 4) is 0 Å². The largest absolute Gasteiger partial charge is 0.394 e. The third-order valence-corrected chi connectivity index (χ3v) is 2.18. The predicted molar refractivity (Wildman–Crippen MR) is 50.5 cm³/mol. The molecule has 1 rings (SSSR count). The Labute approximate surface area is 83.9 Å². The minimum absolute atomic E-state index is 0.198. The Morgan fingerprint density at radius 3 is 2.92 bits per heavy atom. The highest BCUT2D eigenvalue weighted by atomic mass is 79.9. The first-order valence-electron chi connectivity index (χ1n) is 3.68. The zero-order chi connectivity index (χ0) is 10.1. The fourth-order valence-electron chi connectivity index (χ4n) is 0.908. The van der Waals surface area contributed by atoms with Gasteiger partial charge in [0.25, 0.3) is 0 Å². The van der Waals surface area contributed by atoms with Gasteiger partial charge in [-0.2, -0.15) is 4.39 Å². The summed E-state index contributed by atoms with van der Waals surface area (Å²) in [5.41, 5.74) is 4.76. The van der Waals surface area contributed by atoms with Crippen molar-refractivity contribution in [1.82, 2.24) is 4.98 Å². The van der Waals surface area contributed by atoms with Gasteiger partial charge in [-0.15, -0.1) is 0 Å². The van der Waals surface area contributed by atoms with Gasteiger partial charge in [0.2, 0.25) is 5.95 Å². The van der Waals surface area contributed by atoms with E-state index in [9.17, 15) is 4.39 Å². The summed E-state index contributed by atoms with van der Waals surface area (Å²) in [6, 6.07) is 1.51. The van der Waals surface area contributed by atoms with E-state index in [0.717, 1.165) is 0 Å². The van der Waals surface area contributed by atoms with Gasteiger partial charge in [0.15, 0.2) is 0 Å². The average Bonchev–Trinajstić information content (AvgIpc) is 2.09. The highest BCUT2D eigenvalue weighted by Crippen LogP contribution is 2.22. The Bertz CT molecular complexity index is 317. The molecule has 0 spiro atoms. The molecule has 0 saturated heterocycles. The van der Waals surface area contributed by atoms with Crippen molar-refractivity contribution in [1.29, 1.82) is 0 Å². The monoisotopic (exact) mass is 248 g/mol. The van der Waals surface area contributed by atoms with Crippen molar-refractivity contribution in [2.24, 2.45) is 5.73 Å². The van der Waals surface area contributed by atoms with E-state index in [1.54, 1.807) is 6.92 Å². The fourth-order valence-corrected chi connectivity index (χ4v) is 1.24. The van der Waals surface area contributed by atoms with E-state index in [4.69, 9.17) is 10.8 Å². The zero-order valence-electron chi connectivity index (χ0n) is 7.09. The molecule has 1 aromatic heterocycles. The van der Waals surface area contributed by atoms with Crippen LogP contribution in [0.2, 0.25) is 0 Å². The molecule has 1 heterocycles. The Hall–Kier alpha value is -0.520. The molecule has 1 unspecified atom stereocenters. The first-order chi connectivity index (χ1) is 5.97. The van der Waals surface area contributed by atoms with Crippen LogP contribution in [0, 0.1) is 5.95 Å². The number of halogens is 2. The van der Waals surface area contributed by atoms with Gasteiger partial charge in [-0.25, -0.2) is 4.98 Å². The third-order valence-electron chi connectivity index (χ3n) is 1.75. The van der Waals surface area contributed by atoms with E-state index in [0.29, 0.717) is 4.47 Å². The quantitative estimate of drug-likeness (QED) is 0.773. The number of aromatic nitrogens is 1. The van der Waals surface area contributed by atoms with E-state index in [2.05, 4.69) is 20.9 Å². The van der Waals surface area contributed by atoms with E-state index < -0.39 is 11.5 Å². The number of rotatable bonds is 2. The lowest BCUT2D eigenvalue weighted by Crippen LogP contribution is -2.38. The number of hydrogen-bond donors (Lipinski definition) is 2. The molecule has 0 aliphatic carbocycles. The topological polar surface area (TPSA) is 59.1 Å². The summed E-state index contributed by atoms with van der Waals surface area (Å²) in [7, 11) is 0. The summed E-state index contributed by atoms with van der Waals surface area (Å²) in [6.45, 7) is 1.21. The van der Waals surface area contributed by atoms with Crippen molar-refractivity contribution in [2.45, 2.75) is 12.5 Å². The number of nitrogens with zero attached hydrogens (tertiary/aromatic N) is 1. The van der Waals surface area contributed by atoms with Crippen LogP contribution in [0.25, 0.3) is 0 Å². The maximum absolute atomic E-state index is 13.1. The number of nitrogens with two attached hydrogens (primary N) is 1. The molecule has 0 bridgehead atoms. The smallest absolute Gasteiger partial charge is 0.218 e. The zero-order valence-corrected chi connectivity index (χ0v) is 8.68. The lowest BCUT2D eigenvalue weighted by molar-refractivity contribution is 0.205. The minimum atomic E-state index is -1.10. The molecule has 0 aromatic carbocycles. The summed E-state index contributed by atoms with van der Waals surface area (Å²) in [4.78, 5) is 3.49. The lowest BCUT2D eigenvalue weighted by Gasteiger charge is -2.22. The molecule has 13 heavy (non-hydrogen) atoms. The maximum atomic E-state index is 13.1. The van der Waals surface area contributed by atoms with Crippen LogP contribution in [0.1, 0.15) is 12.5 Å². The first kappa shape index (κ1) is 10.6. The first-order valence-corrected chi connectivity index (χ1v) is 4.48. The van der Waals surface area contributed by atoms with Gasteiger partial charge < -0.3 is 10.8 Å². The van der Waals surface area contributed by atoms with Gasteiger partial charge in [-0.05, 0) is 28.9 Å². The number of hydrogen-bond acceptors (Lipinski definition) is 3. The summed E-state index contributed by atoms with van der Waals surface area (Å²) in [6.07, 6.45) is 1.34. The van der Waals surface area contributed by atoms with Crippen LogP contribution in [-0.4, -0.2) is 16.7 Å². The van der Waals surface area contributed by atoms with Gasteiger partial charge in [0.1, 0.15) is 0 Å². The van der Waals surface area contributed by atoms with Crippen molar-refractivity contribution in [3.63, 3.8) is 0 Å². The van der Waals surface area contributed by atoms with Crippen LogP contribution in [0.15, 0.2) is 16.7 Å². The number of aliphatic hydroxyl groups excluding tert-OH is 1. The standard InChI is InChI=1S/C8H10BrFN2O/c1-8(11,4-13)6-2-5(9)3-12-7(6)10/h2-3,13H,4,11H2,1H3. The van der Waals surface area contributed by atoms with Crippen LogP contribution in [0.4, 0.5) is 4.39 Å². The molecule has 1 aromatic rings.